The van der Waals surface area contributed by atoms with Gasteiger partial charge in [0.1, 0.15) is 11.7 Å². The summed E-state index contributed by atoms with van der Waals surface area (Å²) in [6, 6.07) is 9.12. The molecule has 0 N–H and O–H groups in total. The summed E-state index contributed by atoms with van der Waals surface area (Å²) in [7, 11) is 1.71. The first-order chi connectivity index (χ1) is 13.0. The number of carbonyl (C=O) groups excluding carboxylic acids is 2. The summed E-state index contributed by atoms with van der Waals surface area (Å²) in [6.07, 6.45) is 1.01. The summed E-state index contributed by atoms with van der Waals surface area (Å²) in [5.41, 5.74) is 3.24. The first kappa shape index (κ1) is 17.5. The van der Waals surface area contributed by atoms with Crippen molar-refractivity contribution in [3.63, 3.8) is 0 Å². The molecule has 6 heteroatoms. The van der Waals surface area contributed by atoms with Gasteiger partial charge in [0.2, 0.25) is 0 Å². The lowest BCUT2D eigenvalue weighted by atomic mass is 10.0. The zero-order chi connectivity index (χ0) is 19.3. The second kappa shape index (κ2) is 6.37. The van der Waals surface area contributed by atoms with Gasteiger partial charge < -0.3 is 14.4 Å². The number of hydrogen-bond acceptors (Lipinski definition) is 3. The number of carbonyl (C=O) groups is 2. The second-order valence-electron chi connectivity index (χ2n) is 7.22. The Kier molecular flexibility index (Phi) is 4.13. The van der Waals surface area contributed by atoms with Crippen LogP contribution in [0.5, 0.6) is 0 Å². The third-order valence-corrected chi connectivity index (χ3v) is 5.70. The van der Waals surface area contributed by atoms with Crippen LogP contribution in [0.3, 0.4) is 0 Å². The molecule has 4 rings (SSSR count). The lowest BCUT2D eigenvalue weighted by Crippen LogP contribution is -2.50. The fourth-order valence-electron chi connectivity index (χ4n) is 4.41. The highest BCUT2D eigenvalue weighted by molar-refractivity contribution is 6.01. The number of hydrogen-bond donors (Lipinski definition) is 0. The van der Waals surface area contributed by atoms with Crippen molar-refractivity contribution in [2.45, 2.75) is 32.9 Å². The molecule has 1 unspecified atom stereocenters. The molecule has 0 saturated carbocycles. The van der Waals surface area contributed by atoms with E-state index in [1.54, 1.807) is 33.5 Å². The predicted molar refractivity (Wildman–Crippen MR) is 102 cm³/mol. The number of fused-ring (bicyclic) bond motifs is 3. The van der Waals surface area contributed by atoms with Gasteiger partial charge >= 0.3 is 0 Å². The molecule has 0 radical (unpaired) electrons. The van der Waals surface area contributed by atoms with Gasteiger partial charge in [0.25, 0.3) is 17.4 Å². The van der Waals surface area contributed by atoms with Crippen molar-refractivity contribution in [2.75, 3.05) is 13.1 Å². The minimum atomic E-state index is -0.425. The topological polar surface area (TPSA) is 62.6 Å². The molecule has 2 aliphatic rings. The van der Waals surface area contributed by atoms with E-state index in [1.165, 1.54) is 0 Å². The van der Waals surface area contributed by atoms with Crippen LogP contribution in [0, 0.1) is 6.92 Å². The van der Waals surface area contributed by atoms with Gasteiger partial charge in [-0.05, 0) is 37.5 Å². The molecular weight excluding hydrogens is 342 g/mol. The molecule has 1 atom stereocenters. The summed E-state index contributed by atoms with van der Waals surface area (Å²) in [6.45, 7) is 5.06. The molecule has 2 aliphatic heterocycles. The monoisotopic (exact) mass is 365 g/mol. The maximum absolute atomic E-state index is 13.4. The lowest BCUT2D eigenvalue weighted by Gasteiger charge is -2.40. The van der Waals surface area contributed by atoms with Crippen LogP contribution >= 0.6 is 0 Å². The Morgan fingerprint density at radius 3 is 2.67 bits per heavy atom. The van der Waals surface area contributed by atoms with Crippen LogP contribution in [0.2, 0.25) is 0 Å². The van der Waals surface area contributed by atoms with E-state index in [-0.39, 0.29) is 22.9 Å². The average molecular weight is 365 g/mol. The predicted octanol–water partition coefficient (Wildman–Crippen LogP) is 2.26. The number of benzene rings is 1. The number of rotatable bonds is 2. The van der Waals surface area contributed by atoms with Crippen molar-refractivity contribution in [3.05, 3.63) is 68.6 Å². The van der Waals surface area contributed by atoms with E-state index in [2.05, 4.69) is 0 Å². The maximum Gasteiger partial charge on any atom is 0.263 e. The summed E-state index contributed by atoms with van der Waals surface area (Å²) in [5, 5.41) is 0. The van der Waals surface area contributed by atoms with Gasteiger partial charge in [-0.3, -0.25) is 14.4 Å². The zero-order valence-electron chi connectivity index (χ0n) is 15.9. The molecule has 27 heavy (non-hydrogen) atoms. The lowest BCUT2D eigenvalue weighted by molar-refractivity contribution is 0.0163. The molecule has 1 saturated heterocycles. The molecule has 6 nitrogen and oxygen atoms in total. The highest BCUT2D eigenvalue weighted by atomic mass is 16.2. The Morgan fingerprint density at radius 1 is 1.19 bits per heavy atom. The molecule has 3 heterocycles. The molecule has 2 amide bonds. The van der Waals surface area contributed by atoms with Gasteiger partial charge in [0, 0.05) is 37.0 Å². The number of pyridine rings is 1. The van der Waals surface area contributed by atoms with Crippen molar-refractivity contribution in [3.8, 4) is 0 Å². The van der Waals surface area contributed by atoms with E-state index in [1.807, 2.05) is 32.0 Å². The summed E-state index contributed by atoms with van der Waals surface area (Å²) >= 11 is 0. The Bertz CT molecular complexity index is 1010. The molecule has 0 bridgehead atoms. The largest absolute Gasteiger partial charge is 0.315 e. The number of amides is 2. The van der Waals surface area contributed by atoms with E-state index < -0.39 is 6.17 Å². The van der Waals surface area contributed by atoms with Crippen molar-refractivity contribution >= 4 is 11.8 Å². The fourth-order valence-corrected chi connectivity index (χ4v) is 4.41. The highest BCUT2D eigenvalue weighted by Gasteiger charge is 2.44. The van der Waals surface area contributed by atoms with Crippen LogP contribution in [0.15, 0.2) is 35.1 Å². The van der Waals surface area contributed by atoms with Gasteiger partial charge in [-0.25, -0.2) is 0 Å². The third-order valence-electron chi connectivity index (χ3n) is 5.70. The van der Waals surface area contributed by atoms with Gasteiger partial charge in [-0.2, -0.15) is 0 Å². The number of aromatic nitrogens is 1. The van der Waals surface area contributed by atoms with Crippen molar-refractivity contribution in [2.24, 2.45) is 7.05 Å². The number of aryl methyl sites for hydroxylation is 1. The Morgan fingerprint density at radius 2 is 1.93 bits per heavy atom. The van der Waals surface area contributed by atoms with Crippen LogP contribution in [-0.4, -0.2) is 39.3 Å². The Hall–Kier alpha value is -2.89. The third kappa shape index (κ3) is 2.51. The van der Waals surface area contributed by atoms with E-state index >= 15 is 0 Å². The molecule has 0 aliphatic carbocycles. The van der Waals surface area contributed by atoms with Gasteiger partial charge in [-0.1, -0.05) is 25.1 Å². The van der Waals surface area contributed by atoms with Crippen LogP contribution in [-0.2, 0) is 13.5 Å². The smallest absolute Gasteiger partial charge is 0.263 e. The van der Waals surface area contributed by atoms with Crippen molar-refractivity contribution < 1.29 is 9.59 Å². The highest BCUT2D eigenvalue weighted by Crippen LogP contribution is 2.39. The average Bonchev–Trinajstić information content (AvgIpc) is 2.98. The van der Waals surface area contributed by atoms with E-state index in [4.69, 9.17) is 0 Å². The van der Waals surface area contributed by atoms with Gasteiger partial charge in [-0.15, -0.1) is 0 Å². The zero-order valence-corrected chi connectivity index (χ0v) is 15.9. The number of nitrogens with zero attached hydrogens (tertiary/aromatic N) is 3. The van der Waals surface area contributed by atoms with Gasteiger partial charge in [0.05, 0.1) is 0 Å². The summed E-state index contributed by atoms with van der Waals surface area (Å²) < 4.78 is 1.57. The molecule has 2 aromatic rings. The second-order valence-corrected chi connectivity index (χ2v) is 7.22. The Labute approximate surface area is 158 Å². The minimum absolute atomic E-state index is 0.0430. The molecule has 140 valence electrons. The summed E-state index contributed by atoms with van der Waals surface area (Å²) in [4.78, 5) is 42.3. The normalized spacial score (nSPS) is 18.5. The van der Waals surface area contributed by atoms with Crippen molar-refractivity contribution in [1.82, 2.24) is 14.4 Å². The van der Waals surface area contributed by atoms with E-state index in [9.17, 15) is 14.4 Å². The minimum Gasteiger partial charge on any atom is -0.315 e. The Balaban J connectivity index is 1.79. The maximum atomic E-state index is 13.4. The first-order valence-corrected chi connectivity index (χ1v) is 9.36. The molecule has 1 aromatic carbocycles. The SMILES string of the molecule is CCc1c(C)cc(C(=O)N2CCCN3C(=O)c4ccccc4C32)c(=O)n1C. The van der Waals surface area contributed by atoms with Crippen LogP contribution < -0.4 is 5.56 Å². The quantitative estimate of drug-likeness (QED) is 0.820. The van der Waals surface area contributed by atoms with E-state index in [0.717, 1.165) is 23.2 Å². The molecule has 0 spiro atoms. The fraction of sp³-hybridized carbons (Fsp3) is 0.381. The van der Waals surface area contributed by atoms with Crippen molar-refractivity contribution in [1.29, 1.82) is 0 Å². The molecular formula is C21H23N3O3. The molecule has 1 fully saturated rings. The molecule has 1 aromatic heterocycles. The first-order valence-electron chi connectivity index (χ1n) is 9.36. The van der Waals surface area contributed by atoms with E-state index in [0.29, 0.717) is 25.1 Å². The van der Waals surface area contributed by atoms with Crippen LogP contribution in [0.25, 0.3) is 0 Å². The van der Waals surface area contributed by atoms with Gasteiger partial charge in [0.15, 0.2) is 0 Å². The standard InChI is InChI=1S/C21H23N3O3/c1-4-17-13(2)12-16(19(25)22(17)3)21(27)24-11-7-10-23-18(24)14-8-5-6-9-15(14)20(23)26/h5-6,8-9,12,18H,4,7,10-11H2,1-3H3. The van der Waals surface area contributed by atoms with Crippen LogP contribution in [0.1, 0.15) is 57.0 Å². The van der Waals surface area contributed by atoms with Crippen LogP contribution in [0.4, 0.5) is 0 Å². The summed E-state index contributed by atoms with van der Waals surface area (Å²) in [5.74, 6) is -0.348.